The predicted molar refractivity (Wildman–Crippen MR) is 110 cm³/mol. The molecule has 0 aliphatic carbocycles. The van der Waals surface area contributed by atoms with Crippen molar-refractivity contribution in [1.82, 2.24) is 4.90 Å². The second kappa shape index (κ2) is 8.90. The van der Waals surface area contributed by atoms with Crippen LogP contribution >= 0.6 is 0 Å². The molecule has 0 unspecified atom stereocenters. The summed E-state index contributed by atoms with van der Waals surface area (Å²) < 4.78 is 27.7. The van der Waals surface area contributed by atoms with Crippen LogP contribution < -0.4 is 10.0 Å². The molecular formula is C20H27N3O3S. The molecule has 2 N–H and O–H groups in total. The van der Waals surface area contributed by atoms with Crippen molar-refractivity contribution in [2.24, 2.45) is 0 Å². The van der Waals surface area contributed by atoms with Crippen molar-refractivity contribution < 1.29 is 13.2 Å². The quantitative estimate of drug-likeness (QED) is 0.732. The van der Waals surface area contributed by atoms with Gasteiger partial charge in [0.05, 0.1) is 4.90 Å². The van der Waals surface area contributed by atoms with Gasteiger partial charge in [-0.2, -0.15) is 0 Å². The van der Waals surface area contributed by atoms with Gasteiger partial charge >= 0.3 is 6.03 Å². The molecule has 2 aromatic carbocycles. The summed E-state index contributed by atoms with van der Waals surface area (Å²) in [5, 5.41) is 2.76. The Hall–Kier alpha value is -2.54. The van der Waals surface area contributed by atoms with Gasteiger partial charge < -0.3 is 10.2 Å². The summed E-state index contributed by atoms with van der Waals surface area (Å²) in [7, 11) is -3.69. The molecule has 0 atom stereocenters. The standard InChI is InChI=1S/C20H27N3O3S/c1-5-23(6-2)20(24)21-17-11-13-19(14-12-17)27(25,26)22-18-9-7-16(8-10-18)15(3)4/h7-15,22H,5-6H2,1-4H3,(H,21,24). The summed E-state index contributed by atoms with van der Waals surface area (Å²) in [6, 6.07) is 13.2. The Morgan fingerprint density at radius 1 is 0.926 bits per heavy atom. The zero-order valence-corrected chi connectivity index (χ0v) is 17.0. The topological polar surface area (TPSA) is 78.5 Å². The van der Waals surface area contributed by atoms with E-state index in [0.29, 0.717) is 30.4 Å². The second-order valence-corrected chi connectivity index (χ2v) is 8.19. The first kappa shape index (κ1) is 20.8. The van der Waals surface area contributed by atoms with E-state index >= 15 is 0 Å². The number of benzene rings is 2. The van der Waals surface area contributed by atoms with Crippen LogP contribution in [-0.2, 0) is 10.0 Å². The number of carbonyl (C=O) groups is 1. The fourth-order valence-corrected chi connectivity index (χ4v) is 3.64. The monoisotopic (exact) mass is 389 g/mol. The number of hydrogen-bond acceptors (Lipinski definition) is 3. The molecule has 2 aromatic rings. The molecule has 0 heterocycles. The third-order valence-corrected chi connectivity index (χ3v) is 5.69. The van der Waals surface area contributed by atoms with Crippen LogP contribution in [0.2, 0.25) is 0 Å². The Morgan fingerprint density at radius 2 is 1.44 bits per heavy atom. The number of rotatable bonds is 7. The van der Waals surface area contributed by atoms with Crippen molar-refractivity contribution in [2.75, 3.05) is 23.1 Å². The molecule has 0 radical (unpaired) electrons. The Kier molecular flexibility index (Phi) is 6.85. The minimum atomic E-state index is -3.69. The van der Waals surface area contributed by atoms with Crippen LogP contribution in [0.25, 0.3) is 0 Å². The average molecular weight is 390 g/mol. The predicted octanol–water partition coefficient (Wildman–Crippen LogP) is 4.48. The zero-order valence-electron chi connectivity index (χ0n) is 16.2. The maximum absolute atomic E-state index is 12.5. The molecule has 2 rings (SSSR count). The number of carbonyl (C=O) groups excluding carboxylic acids is 1. The Morgan fingerprint density at radius 3 is 1.93 bits per heavy atom. The van der Waals surface area contributed by atoms with Gasteiger partial charge in [-0.25, -0.2) is 13.2 Å². The smallest absolute Gasteiger partial charge is 0.321 e. The minimum Gasteiger partial charge on any atom is -0.325 e. The molecule has 0 fully saturated rings. The SMILES string of the molecule is CCN(CC)C(=O)Nc1ccc(S(=O)(=O)Nc2ccc(C(C)C)cc2)cc1. The van der Waals surface area contributed by atoms with Crippen molar-refractivity contribution in [3.05, 3.63) is 54.1 Å². The number of nitrogens with zero attached hydrogens (tertiary/aromatic N) is 1. The highest BCUT2D eigenvalue weighted by Gasteiger charge is 2.15. The Labute approximate surface area is 161 Å². The number of sulfonamides is 1. The molecule has 0 aliphatic heterocycles. The van der Waals surface area contributed by atoms with Crippen LogP contribution in [0.5, 0.6) is 0 Å². The van der Waals surface area contributed by atoms with E-state index in [1.807, 2.05) is 26.0 Å². The molecular weight excluding hydrogens is 362 g/mol. The van der Waals surface area contributed by atoms with E-state index in [9.17, 15) is 13.2 Å². The summed E-state index contributed by atoms with van der Waals surface area (Å²) in [5.41, 5.74) is 2.21. The first-order chi connectivity index (χ1) is 12.8. The molecule has 27 heavy (non-hydrogen) atoms. The maximum Gasteiger partial charge on any atom is 0.321 e. The summed E-state index contributed by atoms with van der Waals surface area (Å²) in [6.45, 7) is 9.18. The van der Waals surface area contributed by atoms with Gasteiger partial charge in [0.25, 0.3) is 10.0 Å². The van der Waals surface area contributed by atoms with Gasteiger partial charge in [-0.3, -0.25) is 4.72 Å². The molecule has 0 aliphatic rings. The highest BCUT2D eigenvalue weighted by atomic mass is 32.2. The van der Waals surface area contributed by atoms with E-state index in [4.69, 9.17) is 0 Å². The van der Waals surface area contributed by atoms with Crippen LogP contribution in [0.4, 0.5) is 16.2 Å². The van der Waals surface area contributed by atoms with Gasteiger partial charge in [-0.15, -0.1) is 0 Å². The van der Waals surface area contributed by atoms with Crippen LogP contribution in [0.15, 0.2) is 53.4 Å². The minimum absolute atomic E-state index is 0.135. The van der Waals surface area contributed by atoms with Gasteiger partial charge in [-0.05, 0) is 61.7 Å². The first-order valence-corrected chi connectivity index (χ1v) is 10.5. The summed E-state index contributed by atoms with van der Waals surface area (Å²) in [6.07, 6.45) is 0. The molecule has 146 valence electrons. The molecule has 2 amide bonds. The van der Waals surface area contributed by atoms with E-state index < -0.39 is 10.0 Å². The normalized spacial score (nSPS) is 11.3. The summed E-state index contributed by atoms with van der Waals surface area (Å²) in [5.74, 6) is 0.384. The average Bonchev–Trinajstić information content (AvgIpc) is 2.63. The van der Waals surface area contributed by atoms with Gasteiger partial charge in [0.2, 0.25) is 0 Å². The highest BCUT2D eigenvalue weighted by Crippen LogP contribution is 2.21. The zero-order chi connectivity index (χ0) is 20.0. The van der Waals surface area contributed by atoms with Crippen LogP contribution in [-0.4, -0.2) is 32.4 Å². The number of hydrogen-bond donors (Lipinski definition) is 2. The van der Waals surface area contributed by atoms with E-state index in [2.05, 4.69) is 23.9 Å². The van der Waals surface area contributed by atoms with E-state index in [1.54, 1.807) is 29.2 Å². The van der Waals surface area contributed by atoms with Gasteiger partial charge in [-0.1, -0.05) is 26.0 Å². The van der Waals surface area contributed by atoms with E-state index in [-0.39, 0.29) is 10.9 Å². The van der Waals surface area contributed by atoms with E-state index in [1.165, 1.54) is 12.1 Å². The molecule has 0 spiro atoms. The van der Waals surface area contributed by atoms with Crippen molar-refractivity contribution >= 4 is 27.4 Å². The maximum atomic E-state index is 12.5. The summed E-state index contributed by atoms with van der Waals surface area (Å²) in [4.78, 5) is 13.8. The number of nitrogens with one attached hydrogen (secondary N) is 2. The lowest BCUT2D eigenvalue weighted by Crippen LogP contribution is -2.34. The molecule has 0 saturated carbocycles. The Bertz CT molecular complexity index is 856. The number of anilines is 2. The van der Waals surface area contributed by atoms with Crippen molar-refractivity contribution in [1.29, 1.82) is 0 Å². The molecule has 0 saturated heterocycles. The van der Waals surface area contributed by atoms with Crippen molar-refractivity contribution in [2.45, 2.75) is 38.5 Å². The van der Waals surface area contributed by atoms with Crippen molar-refractivity contribution in [3.8, 4) is 0 Å². The second-order valence-electron chi connectivity index (χ2n) is 6.51. The molecule has 6 nitrogen and oxygen atoms in total. The van der Waals surface area contributed by atoms with Crippen LogP contribution in [0.1, 0.15) is 39.2 Å². The fraction of sp³-hybridized carbons (Fsp3) is 0.350. The first-order valence-electron chi connectivity index (χ1n) is 9.05. The van der Waals surface area contributed by atoms with Gasteiger partial charge in [0.15, 0.2) is 0 Å². The lowest BCUT2D eigenvalue weighted by Gasteiger charge is -2.19. The lowest BCUT2D eigenvalue weighted by molar-refractivity contribution is 0.217. The largest absolute Gasteiger partial charge is 0.325 e. The lowest BCUT2D eigenvalue weighted by atomic mass is 10.0. The fourth-order valence-electron chi connectivity index (χ4n) is 2.58. The molecule has 0 bridgehead atoms. The van der Waals surface area contributed by atoms with Gasteiger partial charge in [0.1, 0.15) is 0 Å². The van der Waals surface area contributed by atoms with Crippen LogP contribution in [0, 0.1) is 0 Å². The van der Waals surface area contributed by atoms with Gasteiger partial charge in [0, 0.05) is 24.5 Å². The Balaban J connectivity index is 2.09. The summed E-state index contributed by atoms with van der Waals surface area (Å²) >= 11 is 0. The van der Waals surface area contributed by atoms with E-state index in [0.717, 1.165) is 5.56 Å². The van der Waals surface area contributed by atoms with Crippen molar-refractivity contribution in [3.63, 3.8) is 0 Å². The number of urea groups is 1. The highest BCUT2D eigenvalue weighted by molar-refractivity contribution is 7.92. The third-order valence-electron chi connectivity index (χ3n) is 4.30. The molecule has 7 heteroatoms. The third kappa shape index (κ3) is 5.47. The van der Waals surface area contributed by atoms with Crippen LogP contribution in [0.3, 0.4) is 0 Å². The molecule has 0 aromatic heterocycles. The number of amides is 2.